The number of hydrogen-bond acceptors (Lipinski definition) is 1. The highest BCUT2D eigenvalue weighted by Crippen LogP contribution is 2.30. The van der Waals surface area contributed by atoms with E-state index in [4.69, 9.17) is 0 Å². The van der Waals surface area contributed by atoms with Gasteiger partial charge in [-0.2, -0.15) is 0 Å². The standard InChI is InChI=1S/C10H20O/c1-8(9(2)11)7-10-5-3-4-6-10/h8-11H,3-7H2,1-2H3. The van der Waals surface area contributed by atoms with Crippen molar-refractivity contribution in [2.75, 3.05) is 0 Å². The molecule has 0 radical (unpaired) electrons. The Labute approximate surface area is 69.8 Å². The zero-order valence-corrected chi connectivity index (χ0v) is 7.71. The van der Waals surface area contributed by atoms with Gasteiger partial charge in [-0.05, 0) is 25.2 Å². The highest BCUT2D eigenvalue weighted by atomic mass is 16.3. The third-order valence-corrected chi connectivity index (χ3v) is 3.00. The monoisotopic (exact) mass is 156 g/mol. The van der Waals surface area contributed by atoms with E-state index in [1.807, 2.05) is 6.92 Å². The molecule has 0 saturated heterocycles. The van der Waals surface area contributed by atoms with Crippen molar-refractivity contribution in [1.82, 2.24) is 0 Å². The van der Waals surface area contributed by atoms with Crippen LogP contribution in [0.2, 0.25) is 0 Å². The molecule has 0 amide bonds. The predicted octanol–water partition coefficient (Wildman–Crippen LogP) is 2.58. The molecule has 1 fully saturated rings. The van der Waals surface area contributed by atoms with Crippen molar-refractivity contribution in [3.8, 4) is 0 Å². The van der Waals surface area contributed by atoms with Crippen LogP contribution >= 0.6 is 0 Å². The number of aliphatic hydroxyl groups excluding tert-OH is 1. The molecular formula is C10H20O. The van der Waals surface area contributed by atoms with E-state index in [2.05, 4.69) is 6.92 Å². The van der Waals surface area contributed by atoms with Crippen molar-refractivity contribution < 1.29 is 5.11 Å². The Kier molecular flexibility index (Phi) is 3.38. The zero-order chi connectivity index (χ0) is 8.27. The van der Waals surface area contributed by atoms with Crippen LogP contribution in [0.5, 0.6) is 0 Å². The molecule has 1 nitrogen and oxygen atoms in total. The second-order valence-electron chi connectivity index (χ2n) is 4.10. The van der Waals surface area contributed by atoms with Crippen LogP contribution in [0.4, 0.5) is 0 Å². The summed E-state index contributed by atoms with van der Waals surface area (Å²) in [6, 6.07) is 0. The molecule has 1 heteroatoms. The SMILES string of the molecule is CC(O)C(C)CC1CCCC1. The van der Waals surface area contributed by atoms with Crippen LogP contribution in [-0.4, -0.2) is 11.2 Å². The molecule has 1 aliphatic carbocycles. The summed E-state index contributed by atoms with van der Waals surface area (Å²) in [4.78, 5) is 0. The highest BCUT2D eigenvalue weighted by molar-refractivity contribution is 4.71. The van der Waals surface area contributed by atoms with Crippen LogP contribution in [-0.2, 0) is 0 Å². The average Bonchev–Trinajstić information content (AvgIpc) is 2.39. The summed E-state index contributed by atoms with van der Waals surface area (Å²) < 4.78 is 0. The van der Waals surface area contributed by atoms with Crippen LogP contribution in [0.1, 0.15) is 46.0 Å². The molecule has 1 saturated carbocycles. The predicted molar refractivity (Wildman–Crippen MR) is 47.4 cm³/mol. The lowest BCUT2D eigenvalue weighted by molar-refractivity contribution is 0.119. The summed E-state index contributed by atoms with van der Waals surface area (Å²) in [7, 11) is 0. The fourth-order valence-electron chi connectivity index (χ4n) is 1.97. The van der Waals surface area contributed by atoms with Gasteiger partial charge in [-0.1, -0.05) is 32.6 Å². The van der Waals surface area contributed by atoms with E-state index in [1.54, 1.807) is 0 Å². The highest BCUT2D eigenvalue weighted by Gasteiger charge is 2.19. The molecule has 11 heavy (non-hydrogen) atoms. The molecule has 1 rings (SSSR count). The molecule has 1 aliphatic rings. The molecule has 66 valence electrons. The van der Waals surface area contributed by atoms with E-state index in [-0.39, 0.29) is 6.10 Å². The zero-order valence-electron chi connectivity index (χ0n) is 7.71. The number of rotatable bonds is 3. The van der Waals surface area contributed by atoms with E-state index in [0.717, 1.165) is 5.92 Å². The average molecular weight is 156 g/mol. The van der Waals surface area contributed by atoms with Crippen LogP contribution in [0, 0.1) is 11.8 Å². The summed E-state index contributed by atoms with van der Waals surface area (Å²) in [5, 5.41) is 9.28. The number of hydrogen-bond donors (Lipinski definition) is 1. The molecule has 1 N–H and O–H groups in total. The van der Waals surface area contributed by atoms with Crippen molar-refractivity contribution in [3.63, 3.8) is 0 Å². The number of aliphatic hydroxyl groups is 1. The Morgan fingerprint density at radius 2 is 1.82 bits per heavy atom. The van der Waals surface area contributed by atoms with Crippen molar-refractivity contribution in [1.29, 1.82) is 0 Å². The molecule has 2 atom stereocenters. The summed E-state index contributed by atoms with van der Waals surface area (Å²) in [6.07, 6.45) is 6.75. The lowest BCUT2D eigenvalue weighted by Gasteiger charge is -2.18. The summed E-state index contributed by atoms with van der Waals surface area (Å²) >= 11 is 0. The third kappa shape index (κ3) is 2.82. The molecule has 2 unspecified atom stereocenters. The van der Waals surface area contributed by atoms with Gasteiger partial charge in [0.25, 0.3) is 0 Å². The Morgan fingerprint density at radius 1 is 1.27 bits per heavy atom. The quantitative estimate of drug-likeness (QED) is 0.666. The molecule has 0 aliphatic heterocycles. The van der Waals surface area contributed by atoms with Gasteiger partial charge in [0.05, 0.1) is 6.10 Å². The largest absolute Gasteiger partial charge is 0.393 e. The fraction of sp³-hybridized carbons (Fsp3) is 1.00. The molecule has 0 aromatic carbocycles. The van der Waals surface area contributed by atoms with E-state index >= 15 is 0 Å². The minimum Gasteiger partial charge on any atom is -0.393 e. The van der Waals surface area contributed by atoms with Gasteiger partial charge < -0.3 is 5.11 Å². The van der Waals surface area contributed by atoms with Crippen molar-refractivity contribution >= 4 is 0 Å². The summed E-state index contributed by atoms with van der Waals surface area (Å²) in [5.41, 5.74) is 0. The maximum atomic E-state index is 9.28. The minimum absolute atomic E-state index is 0.115. The second-order valence-corrected chi connectivity index (χ2v) is 4.10. The second kappa shape index (κ2) is 4.10. The smallest absolute Gasteiger partial charge is 0.0537 e. The van der Waals surface area contributed by atoms with Crippen LogP contribution in [0.3, 0.4) is 0 Å². The van der Waals surface area contributed by atoms with Crippen LogP contribution in [0.15, 0.2) is 0 Å². The van der Waals surface area contributed by atoms with Gasteiger partial charge in [0.1, 0.15) is 0 Å². The van der Waals surface area contributed by atoms with E-state index in [9.17, 15) is 5.11 Å². The van der Waals surface area contributed by atoms with Crippen molar-refractivity contribution in [2.45, 2.75) is 52.1 Å². The van der Waals surface area contributed by atoms with Gasteiger partial charge in [0.15, 0.2) is 0 Å². The normalized spacial score (nSPS) is 25.4. The van der Waals surface area contributed by atoms with Crippen LogP contribution < -0.4 is 0 Å². The lowest BCUT2D eigenvalue weighted by Crippen LogP contribution is -2.15. The van der Waals surface area contributed by atoms with E-state index in [1.165, 1.54) is 32.1 Å². The van der Waals surface area contributed by atoms with Crippen molar-refractivity contribution in [2.24, 2.45) is 11.8 Å². The third-order valence-electron chi connectivity index (χ3n) is 3.00. The fourth-order valence-corrected chi connectivity index (χ4v) is 1.97. The maximum absolute atomic E-state index is 9.28. The topological polar surface area (TPSA) is 20.2 Å². The lowest BCUT2D eigenvalue weighted by atomic mass is 9.91. The molecular weight excluding hydrogens is 136 g/mol. The summed E-state index contributed by atoms with van der Waals surface area (Å²) in [5.74, 6) is 1.41. The molecule has 0 bridgehead atoms. The Morgan fingerprint density at radius 3 is 2.27 bits per heavy atom. The van der Waals surface area contributed by atoms with Gasteiger partial charge in [-0.25, -0.2) is 0 Å². The molecule has 0 spiro atoms. The first-order chi connectivity index (χ1) is 5.20. The van der Waals surface area contributed by atoms with Gasteiger partial charge >= 0.3 is 0 Å². The van der Waals surface area contributed by atoms with Crippen LogP contribution in [0.25, 0.3) is 0 Å². The van der Waals surface area contributed by atoms with Gasteiger partial charge in [0, 0.05) is 0 Å². The van der Waals surface area contributed by atoms with Gasteiger partial charge in [0.2, 0.25) is 0 Å². The first-order valence-corrected chi connectivity index (χ1v) is 4.88. The van der Waals surface area contributed by atoms with Gasteiger partial charge in [-0.3, -0.25) is 0 Å². The maximum Gasteiger partial charge on any atom is 0.0537 e. The summed E-state index contributed by atoms with van der Waals surface area (Å²) in [6.45, 7) is 4.06. The minimum atomic E-state index is -0.115. The Balaban J connectivity index is 2.18. The van der Waals surface area contributed by atoms with Gasteiger partial charge in [-0.15, -0.1) is 0 Å². The van der Waals surface area contributed by atoms with E-state index < -0.39 is 0 Å². The molecule has 0 heterocycles. The van der Waals surface area contributed by atoms with E-state index in [0.29, 0.717) is 5.92 Å². The van der Waals surface area contributed by atoms with Crippen molar-refractivity contribution in [3.05, 3.63) is 0 Å². The molecule has 0 aromatic heterocycles. The first-order valence-electron chi connectivity index (χ1n) is 4.88. The Bertz CT molecular complexity index is 103. The Hall–Kier alpha value is -0.0400. The first kappa shape index (κ1) is 9.05. The molecule has 0 aromatic rings.